The standard InChI is InChI=1S/C27H16Cl4N2O/c28-20-8-4-7-17(13-20)27(34,19-10-12-23(29)32-15-19)18-9-11-22-21(14-18)25(30)24(26(31)33-22)16-5-2-1-3-6-16/h1-15,34H. The van der Waals surface area contributed by atoms with Crippen molar-refractivity contribution in [2.24, 2.45) is 0 Å². The fourth-order valence-corrected chi connectivity index (χ4v) is 5.07. The Kier molecular flexibility index (Phi) is 6.24. The fourth-order valence-electron chi connectivity index (χ4n) is 4.08. The maximum atomic E-state index is 12.2. The van der Waals surface area contributed by atoms with Gasteiger partial charge in [-0.2, -0.15) is 0 Å². The van der Waals surface area contributed by atoms with E-state index >= 15 is 0 Å². The number of pyridine rings is 2. The van der Waals surface area contributed by atoms with Gasteiger partial charge in [0, 0.05) is 27.7 Å². The van der Waals surface area contributed by atoms with Gasteiger partial charge in [-0.15, -0.1) is 0 Å². The normalized spacial score (nSPS) is 13.1. The summed E-state index contributed by atoms with van der Waals surface area (Å²) in [4.78, 5) is 8.74. The average molecular weight is 526 g/mol. The minimum Gasteiger partial charge on any atom is -0.376 e. The molecular formula is C27H16Cl4N2O. The van der Waals surface area contributed by atoms with E-state index in [4.69, 9.17) is 46.4 Å². The van der Waals surface area contributed by atoms with Gasteiger partial charge in [0.05, 0.1) is 10.5 Å². The highest BCUT2D eigenvalue weighted by molar-refractivity contribution is 6.42. The van der Waals surface area contributed by atoms with E-state index in [9.17, 15) is 5.11 Å². The molecule has 0 aliphatic rings. The van der Waals surface area contributed by atoms with Crippen LogP contribution in [-0.2, 0) is 5.60 Å². The maximum Gasteiger partial charge on any atom is 0.142 e. The zero-order valence-electron chi connectivity index (χ0n) is 17.5. The molecule has 0 aliphatic heterocycles. The molecule has 5 aromatic rings. The molecule has 2 heterocycles. The molecule has 3 aromatic carbocycles. The summed E-state index contributed by atoms with van der Waals surface area (Å²) in [5, 5.41) is 14.4. The minimum absolute atomic E-state index is 0.309. The van der Waals surface area contributed by atoms with E-state index in [1.807, 2.05) is 42.5 Å². The van der Waals surface area contributed by atoms with Crippen molar-refractivity contribution in [1.82, 2.24) is 9.97 Å². The zero-order valence-corrected chi connectivity index (χ0v) is 20.5. The van der Waals surface area contributed by atoms with Gasteiger partial charge in [0.1, 0.15) is 15.9 Å². The van der Waals surface area contributed by atoms with Crippen LogP contribution in [0.15, 0.2) is 91.1 Å². The van der Waals surface area contributed by atoms with Gasteiger partial charge in [-0.3, -0.25) is 0 Å². The molecule has 1 N–H and O–H groups in total. The molecule has 0 spiro atoms. The Balaban J connectivity index is 1.78. The predicted molar refractivity (Wildman–Crippen MR) is 140 cm³/mol. The van der Waals surface area contributed by atoms with Crippen LogP contribution in [0, 0.1) is 0 Å². The van der Waals surface area contributed by atoms with E-state index < -0.39 is 5.60 Å². The summed E-state index contributed by atoms with van der Waals surface area (Å²) in [5.74, 6) is 0. The summed E-state index contributed by atoms with van der Waals surface area (Å²) in [7, 11) is 0. The second-order valence-corrected chi connectivity index (χ2v) is 9.34. The second kappa shape index (κ2) is 9.18. The van der Waals surface area contributed by atoms with E-state index in [0.717, 1.165) is 5.56 Å². The van der Waals surface area contributed by atoms with Gasteiger partial charge in [-0.05, 0) is 47.0 Å². The van der Waals surface area contributed by atoms with Gasteiger partial charge in [0.25, 0.3) is 0 Å². The van der Waals surface area contributed by atoms with Gasteiger partial charge in [-0.1, -0.05) is 101 Å². The lowest BCUT2D eigenvalue weighted by molar-refractivity contribution is 0.125. The van der Waals surface area contributed by atoms with Crippen LogP contribution in [0.5, 0.6) is 0 Å². The van der Waals surface area contributed by atoms with Gasteiger partial charge < -0.3 is 5.11 Å². The van der Waals surface area contributed by atoms with Crippen LogP contribution in [0.4, 0.5) is 0 Å². The molecule has 1 atom stereocenters. The zero-order chi connectivity index (χ0) is 23.9. The van der Waals surface area contributed by atoms with Crippen LogP contribution < -0.4 is 0 Å². The summed E-state index contributed by atoms with van der Waals surface area (Å²) >= 11 is 25.7. The lowest BCUT2D eigenvalue weighted by Crippen LogP contribution is -2.29. The van der Waals surface area contributed by atoms with Crippen LogP contribution in [0.25, 0.3) is 22.0 Å². The smallest absolute Gasteiger partial charge is 0.142 e. The Hall–Kier alpha value is -2.66. The van der Waals surface area contributed by atoms with E-state index in [1.165, 1.54) is 0 Å². The number of fused-ring (bicyclic) bond motifs is 1. The first kappa shape index (κ1) is 23.1. The van der Waals surface area contributed by atoms with Crippen molar-refractivity contribution in [3.63, 3.8) is 0 Å². The molecule has 0 saturated carbocycles. The van der Waals surface area contributed by atoms with E-state index in [-0.39, 0.29) is 0 Å². The van der Waals surface area contributed by atoms with E-state index in [2.05, 4.69) is 9.97 Å². The van der Waals surface area contributed by atoms with Crippen LogP contribution in [0.2, 0.25) is 20.4 Å². The SMILES string of the molecule is OC(c1ccc(Cl)nc1)(c1cccc(Cl)c1)c1ccc2nc(Cl)c(-c3ccccc3)c(Cl)c2c1. The summed E-state index contributed by atoms with van der Waals surface area (Å²) < 4.78 is 0. The third-order valence-corrected chi connectivity index (χ3v) is 6.87. The highest BCUT2D eigenvalue weighted by atomic mass is 35.5. The van der Waals surface area contributed by atoms with Crippen molar-refractivity contribution in [3.05, 3.63) is 128 Å². The Morgan fingerprint density at radius 3 is 2.15 bits per heavy atom. The number of aliphatic hydroxyl groups is 1. The number of rotatable bonds is 4. The summed E-state index contributed by atoms with van der Waals surface area (Å²) in [6, 6.07) is 25.4. The third kappa shape index (κ3) is 4.04. The predicted octanol–water partition coefficient (Wildman–Crippen LogP) is 8.19. The largest absolute Gasteiger partial charge is 0.376 e. The van der Waals surface area contributed by atoms with Crippen molar-refractivity contribution in [3.8, 4) is 11.1 Å². The molecule has 168 valence electrons. The topological polar surface area (TPSA) is 46.0 Å². The quantitative estimate of drug-likeness (QED) is 0.240. The van der Waals surface area contributed by atoms with Crippen LogP contribution >= 0.6 is 46.4 Å². The molecule has 0 fully saturated rings. The number of hydrogen-bond donors (Lipinski definition) is 1. The lowest BCUT2D eigenvalue weighted by atomic mass is 9.80. The molecule has 7 heteroatoms. The first-order valence-electron chi connectivity index (χ1n) is 10.3. The lowest BCUT2D eigenvalue weighted by Gasteiger charge is -2.30. The molecule has 0 saturated heterocycles. The van der Waals surface area contributed by atoms with E-state index in [1.54, 1.807) is 48.7 Å². The molecule has 3 nitrogen and oxygen atoms in total. The Morgan fingerprint density at radius 2 is 1.44 bits per heavy atom. The Morgan fingerprint density at radius 1 is 0.706 bits per heavy atom. The summed E-state index contributed by atoms with van der Waals surface area (Å²) in [6.07, 6.45) is 1.55. The monoisotopic (exact) mass is 524 g/mol. The second-order valence-electron chi connectivity index (χ2n) is 7.78. The number of aromatic nitrogens is 2. The molecule has 0 amide bonds. The van der Waals surface area contributed by atoms with E-state index in [0.29, 0.717) is 53.5 Å². The fraction of sp³-hybridized carbons (Fsp3) is 0.0370. The van der Waals surface area contributed by atoms with Crippen molar-refractivity contribution in [2.75, 3.05) is 0 Å². The molecule has 0 bridgehead atoms. The molecule has 1 unspecified atom stereocenters. The molecular weight excluding hydrogens is 510 g/mol. The Bertz CT molecular complexity index is 1510. The van der Waals surface area contributed by atoms with Crippen LogP contribution in [0.1, 0.15) is 16.7 Å². The maximum absolute atomic E-state index is 12.2. The number of benzene rings is 3. The van der Waals surface area contributed by atoms with Crippen molar-refractivity contribution >= 4 is 57.3 Å². The first-order valence-corrected chi connectivity index (χ1v) is 11.8. The van der Waals surface area contributed by atoms with Crippen molar-refractivity contribution in [1.29, 1.82) is 0 Å². The van der Waals surface area contributed by atoms with Gasteiger partial charge >= 0.3 is 0 Å². The van der Waals surface area contributed by atoms with Crippen molar-refractivity contribution < 1.29 is 5.11 Å². The summed E-state index contributed by atoms with van der Waals surface area (Å²) in [5.41, 5.74) is 2.19. The highest BCUT2D eigenvalue weighted by Crippen LogP contribution is 2.42. The highest BCUT2D eigenvalue weighted by Gasteiger charge is 2.35. The van der Waals surface area contributed by atoms with Gasteiger partial charge in [-0.25, -0.2) is 9.97 Å². The Labute approximate surface area is 216 Å². The van der Waals surface area contributed by atoms with Gasteiger partial charge in [0.15, 0.2) is 0 Å². The first-order chi connectivity index (χ1) is 16.4. The molecule has 0 radical (unpaired) electrons. The van der Waals surface area contributed by atoms with Crippen LogP contribution in [-0.4, -0.2) is 15.1 Å². The summed E-state index contributed by atoms with van der Waals surface area (Å²) in [6.45, 7) is 0. The molecule has 0 aliphatic carbocycles. The number of nitrogens with zero attached hydrogens (tertiary/aromatic N) is 2. The third-order valence-electron chi connectivity index (χ3n) is 5.75. The minimum atomic E-state index is -1.58. The number of hydrogen-bond acceptors (Lipinski definition) is 3. The molecule has 34 heavy (non-hydrogen) atoms. The van der Waals surface area contributed by atoms with Crippen LogP contribution in [0.3, 0.4) is 0 Å². The van der Waals surface area contributed by atoms with Gasteiger partial charge in [0.2, 0.25) is 0 Å². The molecule has 2 aromatic heterocycles. The average Bonchev–Trinajstić information content (AvgIpc) is 2.84. The molecule has 5 rings (SSSR count). The van der Waals surface area contributed by atoms with Crippen molar-refractivity contribution in [2.45, 2.75) is 5.60 Å². The number of halogens is 4.